The summed E-state index contributed by atoms with van der Waals surface area (Å²) in [5.74, 6) is -0.177. The Morgan fingerprint density at radius 3 is 2.54 bits per heavy atom. The summed E-state index contributed by atoms with van der Waals surface area (Å²) in [5, 5.41) is 5.88. The number of rotatable bonds is 5. The highest BCUT2D eigenvalue weighted by atomic mass is 79.9. The van der Waals surface area contributed by atoms with Crippen molar-refractivity contribution in [3.8, 4) is 0 Å². The van der Waals surface area contributed by atoms with Crippen molar-refractivity contribution < 1.29 is 14.3 Å². The van der Waals surface area contributed by atoms with Gasteiger partial charge >= 0.3 is 0 Å². The zero-order chi connectivity index (χ0) is 18.4. The highest BCUT2D eigenvalue weighted by Gasteiger charge is 2.18. The molecule has 0 aliphatic carbocycles. The minimum atomic E-state index is -0.159. The van der Waals surface area contributed by atoms with E-state index in [1.165, 1.54) is 0 Å². The van der Waals surface area contributed by atoms with Crippen molar-refractivity contribution in [3.63, 3.8) is 0 Å². The van der Waals surface area contributed by atoms with Gasteiger partial charge in [-0.15, -0.1) is 0 Å². The third kappa shape index (κ3) is 5.06. The van der Waals surface area contributed by atoms with Gasteiger partial charge in [-0.05, 0) is 36.4 Å². The first-order valence-electron chi connectivity index (χ1n) is 8.38. The molecule has 2 aromatic rings. The molecule has 2 amide bonds. The predicted octanol–water partition coefficient (Wildman–Crippen LogP) is 2.97. The van der Waals surface area contributed by atoms with E-state index >= 15 is 0 Å². The van der Waals surface area contributed by atoms with E-state index in [0.29, 0.717) is 31.9 Å². The molecular weight excluding hydrogens is 398 g/mol. The van der Waals surface area contributed by atoms with Gasteiger partial charge in [0, 0.05) is 34.5 Å². The smallest absolute Gasteiger partial charge is 0.254 e. The number of carbonyl (C=O) groups excluding carboxylic acids is 2. The van der Waals surface area contributed by atoms with E-state index in [4.69, 9.17) is 4.74 Å². The van der Waals surface area contributed by atoms with Gasteiger partial charge < -0.3 is 20.3 Å². The minimum absolute atomic E-state index is 0.0180. The summed E-state index contributed by atoms with van der Waals surface area (Å²) in [5.41, 5.74) is 2.06. The molecule has 2 N–H and O–H groups in total. The highest BCUT2D eigenvalue weighted by Crippen LogP contribution is 2.16. The molecule has 0 aromatic heterocycles. The fraction of sp³-hybridized carbons (Fsp3) is 0.263. The number of hydrogen-bond acceptors (Lipinski definition) is 4. The van der Waals surface area contributed by atoms with E-state index in [-0.39, 0.29) is 18.4 Å². The van der Waals surface area contributed by atoms with Crippen LogP contribution < -0.4 is 10.6 Å². The topological polar surface area (TPSA) is 70.7 Å². The number of amides is 2. The lowest BCUT2D eigenvalue weighted by atomic mass is 10.1. The van der Waals surface area contributed by atoms with Crippen molar-refractivity contribution in [1.29, 1.82) is 0 Å². The van der Waals surface area contributed by atoms with E-state index < -0.39 is 0 Å². The molecule has 6 nitrogen and oxygen atoms in total. The SMILES string of the molecule is O=C(CNc1cccc(C(=O)N2CCOCC2)c1)Nc1cccc(Br)c1. The van der Waals surface area contributed by atoms with Crippen LogP contribution in [0, 0.1) is 0 Å². The van der Waals surface area contributed by atoms with Crippen LogP contribution >= 0.6 is 15.9 Å². The Labute approximate surface area is 160 Å². The molecule has 2 aromatic carbocycles. The van der Waals surface area contributed by atoms with E-state index in [1.54, 1.807) is 17.0 Å². The lowest BCUT2D eigenvalue weighted by molar-refractivity contribution is -0.114. The summed E-state index contributed by atoms with van der Waals surface area (Å²) in [6, 6.07) is 14.6. The van der Waals surface area contributed by atoms with Gasteiger partial charge in [0.25, 0.3) is 5.91 Å². The highest BCUT2D eigenvalue weighted by molar-refractivity contribution is 9.10. The summed E-state index contributed by atoms with van der Waals surface area (Å²) >= 11 is 3.37. The first-order chi connectivity index (χ1) is 12.6. The zero-order valence-electron chi connectivity index (χ0n) is 14.2. The Bertz CT molecular complexity index is 791. The second-order valence-corrected chi connectivity index (χ2v) is 6.81. The third-order valence-electron chi connectivity index (χ3n) is 3.97. The maximum Gasteiger partial charge on any atom is 0.254 e. The molecule has 1 saturated heterocycles. The molecule has 3 rings (SSSR count). The number of nitrogens with one attached hydrogen (secondary N) is 2. The monoisotopic (exact) mass is 417 g/mol. The Morgan fingerprint density at radius 2 is 1.77 bits per heavy atom. The van der Waals surface area contributed by atoms with E-state index in [2.05, 4.69) is 26.6 Å². The van der Waals surface area contributed by atoms with Crippen LogP contribution in [0.3, 0.4) is 0 Å². The third-order valence-corrected chi connectivity index (χ3v) is 4.46. The first-order valence-corrected chi connectivity index (χ1v) is 9.17. The largest absolute Gasteiger partial charge is 0.378 e. The van der Waals surface area contributed by atoms with Crippen LogP contribution in [0.25, 0.3) is 0 Å². The summed E-state index contributed by atoms with van der Waals surface area (Å²) in [6.45, 7) is 2.46. The predicted molar refractivity (Wildman–Crippen MR) is 104 cm³/mol. The Morgan fingerprint density at radius 1 is 1.04 bits per heavy atom. The van der Waals surface area contributed by atoms with Crippen LogP contribution in [0.5, 0.6) is 0 Å². The molecule has 26 heavy (non-hydrogen) atoms. The standard InChI is InChI=1S/C19H20BrN3O3/c20-15-4-2-6-17(12-15)22-18(24)13-21-16-5-1-3-14(11-16)19(25)23-7-9-26-10-8-23/h1-6,11-12,21H,7-10,13H2,(H,22,24). The lowest BCUT2D eigenvalue weighted by Crippen LogP contribution is -2.40. The van der Waals surface area contributed by atoms with Crippen LogP contribution in [0.15, 0.2) is 53.0 Å². The Kier molecular flexibility index (Phi) is 6.25. The molecule has 0 radical (unpaired) electrons. The van der Waals surface area contributed by atoms with Crippen LogP contribution in [0.2, 0.25) is 0 Å². The summed E-state index contributed by atoms with van der Waals surface area (Å²) < 4.78 is 6.18. The molecule has 0 unspecified atom stereocenters. The first kappa shape index (κ1) is 18.4. The summed E-state index contributed by atoms with van der Waals surface area (Å²) in [4.78, 5) is 26.4. The van der Waals surface area contributed by atoms with Crippen LogP contribution in [0.1, 0.15) is 10.4 Å². The van der Waals surface area contributed by atoms with Gasteiger partial charge in [-0.1, -0.05) is 28.1 Å². The molecule has 1 fully saturated rings. The van der Waals surface area contributed by atoms with Crippen LogP contribution in [0.4, 0.5) is 11.4 Å². The normalized spacial score (nSPS) is 14.0. The van der Waals surface area contributed by atoms with Crippen LogP contribution in [-0.4, -0.2) is 49.6 Å². The molecule has 0 bridgehead atoms. The molecule has 0 saturated carbocycles. The van der Waals surface area contributed by atoms with Gasteiger partial charge in [0.15, 0.2) is 0 Å². The number of hydrogen-bond donors (Lipinski definition) is 2. The number of benzene rings is 2. The van der Waals surface area contributed by atoms with Crippen molar-refractivity contribution >= 4 is 39.1 Å². The average Bonchev–Trinajstić information content (AvgIpc) is 2.67. The minimum Gasteiger partial charge on any atom is -0.378 e. The number of halogens is 1. The number of nitrogens with zero attached hydrogens (tertiary/aromatic N) is 1. The zero-order valence-corrected chi connectivity index (χ0v) is 15.8. The molecule has 1 aliphatic rings. The van der Waals surface area contributed by atoms with Gasteiger partial charge in [-0.3, -0.25) is 9.59 Å². The van der Waals surface area contributed by atoms with Crippen molar-refractivity contribution in [1.82, 2.24) is 4.90 Å². The summed E-state index contributed by atoms with van der Waals surface area (Å²) in [6.07, 6.45) is 0. The van der Waals surface area contributed by atoms with Gasteiger partial charge in [0.05, 0.1) is 19.8 Å². The Hall–Kier alpha value is -2.38. The number of anilines is 2. The fourth-order valence-electron chi connectivity index (χ4n) is 2.66. The van der Waals surface area contributed by atoms with Crippen molar-refractivity contribution in [3.05, 3.63) is 58.6 Å². The van der Waals surface area contributed by atoms with Crippen LogP contribution in [-0.2, 0) is 9.53 Å². The Balaban J connectivity index is 1.56. The summed E-state index contributed by atoms with van der Waals surface area (Å²) in [7, 11) is 0. The van der Waals surface area contributed by atoms with Gasteiger partial charge in [-0.25, -0.2) is 0 Å². The number of morpholine rings is 1. The molecule has 1 aliphatic heterocycles. The van der Waals surface area contributed by atoms with E-state index in [9.17, 15) is 9.59 Å². The van der Waals surface area contributed by atoms with Crippen molar-refractivity contribution in [2.24, 2.45) is 0 Å². The molecular formula is C19H20BrN3O3. The molecule has 0 atom stereocenters. The lowest BCUT2D eigenvalue weighted by Gasteiger charge is -2.27. The van der Waals surface area contributed by atoms with Gasteiger partial charge in [0.1, 0.15) is 0 Å². The maximum atomic E-state index is 12.5. The average molecular weight is 418 g/mol. The van der Waals surface area contributed by atoms with Crippen molar-refractivity contribution in [2.75, 3.05) is 43.5 Å². The molecule has 7 heteroatoms. The van der Waals surface area contributed by atoms with E-state index in [0.717, 1.165) is 15.8 Å². The molecule has 0 spiro atoms. The number of ether oxygens (including phenoxy) is 1. The molecule has 136 valence electrons. The quantitative estimate of drug-likeness (QED) is 0.784. The second kappa shape index (κ2) is 8.82. The molecule has 1 heterocycles. The van der Waals surface area contributed by atoms with E-state index in [1.807, 2.05) is 36.4 Å². The fourth-order valence-corrected chi connectivity index (χ4v) is 3.06. The maximum absolute atomic E-state index is 12.5. The second-order valence-electron chi connectivity index (χ2n) is 5.90. The van der Waals surface area contributed by atoms with Gasteiger partial charge in [0.2, 0.25) is 5.91 Å². The van der Waals surface area contributed by atoms with Crippen molar-refractivity contribution in [2.45, 2.75) is 0 Å². The number of carbonyl (C=O) groups is 2. The van der Waals surface area contributed by atoms with Gasteiger partial charge in [-0.2, -0.15) is 0 Å².